The third kappa shape index (κ3) is 5.12. The maximum absolute atomic E-state index is 11.9. The van der Waals surface area contributed by atoms with Crippen LogP contribution in [0.3, 0.4) is 0 Å². The van der Waals surface area contributed by atoms with E-state index in [0.29, 0.717) is 20.8 Å². The molecule has 5 nitrogen and oxygen atoms in total. The average molecular weight is 451 g/mol. The molecule has 0 unspecified atom stereocenters. The van der Waals surface area contributed by atoms with E-state index in [2.05, 4.69) is 10.5 Å². The number of benzene rings is 2. The molecule has 0 atom stereocenters. The van der Waals surface area contributed by atoms with E-state index in [1.807, 2.05) is 30.5 Å². The molecule has 0 aliphatic heterocycles. The van der Waals surface area contributed by atoms with Crippen molar-refractivity contribution in [1.29, 1.82) is 0 Å². The summed E-state index contributed by atoms with van der Waals surface area (Å²) in [7, 11) is 0. The van der Waals surface area contributed by atoms with Gasteiger partial charge in [0.15, 0.2) is 6.61 Å². The van der Waals surface area contributed by atoms with Gasteiger partial charge in [0.25, 0.3) is 5.91 Å². The molecule has 0 aliphatic rings. The Morgan fingerprint density at radius 1 is 1.10 bits per heavy atom. The van der Waals surface area contributed by atoms with Gasteiger partial charge < -0.3 is 9.30 Å². The minimum absolute atomic E-state index is 0.194. The van der Waals surface area contributed by atoms with Gasteiger partial charge in [-0.2, -0.15) is 5.10 Å². The fourth-order valence-electron chi connectivity index (χ4n) is 2.86. The largest absolute Gasteiger partial charge is 0.482 e. The molecule has 1 heterocycles. The van der Waals surface area contributed by atoms with E-state index in [4.69, 9.17) is 39.5 Å². The number of aromatic nitrogens is 1. The van der Waals surface area contributed by atoms with Gasteiger partial charge >= 0.3 is 0 Å². The molecule has 29 heavy (non-hydrogen) atoms. The lowest BCUT2D eigenvalue weighted by molar-refractivity contribution is -0.123. The number of halogens is 3. The molecule has 0 fully saturated rings. The molecule has 3 rings (SSSR count). The summed E-state index contributed by atoms with van der Waals surface area (Å²) in [6, 6.07) is 14.2. The number of ether oxygens (including phenoxy) is 1. The first-order valence-electron chi connectivity index (χ1n) is 8.70. The third-order valence-electron chi connectivity index (χ3n) is 4.21. The Hall–Kier alpha value is -2.47. The van der Waals surface area contributed by atoms with Gasteiger partial charge in [0, 0.05) is 22.0 Å². The Labute approximate surface area is 183 Å². The number of hydrogen-bond acceptors (Lipinski definition) is 3. The highest BCUT2D eigenvalue weighted by Crippen LogP contribution is 2.28. The van der Waals surface area contributed by atoms with E-state index in [-0.39, 0.29) is 6.61 Å². The molecule has 0 aliphatic carbocycles. The van der Waals surface area contributed by atoms with Gasteiger partial charge in [-0.05, 0) is 50.2 Å². The number of amides is 1. The highest BCUT2D eigenvalue weighted by molar-refractivity contribution is 6.35. The molecule has 1 aromatic heterocycles. The predicted octanol–water partition coefficient (Wildman–Crippen LogP) is 5.58. The molecule has 1 N–H and O–H groups in total. The number of nitrogens with zero attached hydrogens (tertiary/aromatic N) is 2. The highest BCUT2D eigenvalue weighted by atomic mass is 35.5. The molecule has 0 spiro atoms. The molecular weight excluding hydrogens is 433 g/mol. The quantitative estimate of drug-likeness (QED) is 0.393. The van der Waals surface area contributed by atoms with Crippen LogP contribution in [0.5, 0.6) is 5.75 Å². The zero-order chi connectivity index (χ0) is 21.0. The van der Waals surface area contributed by atoms with Gasteiger partial charge in [0.1, 0.15) is 5.75 Å². The molecule has 0 saturated heterocycles. The molecule has 0 saturated carbocycles. The summed E-state index contributed by atoms with van der Waals surface area (Å²) in [6.45, 7) is 3.72. The maximum Gasteiger partial charge on any atom is 0.277 e. The van der Waals surface area contributed by atoms with Crippen molar-refractivity contribution in [3.8, 4) is 11.4 Å². The van der Waals surface area contributed by atoms with E-state index in [0.717, 1.165) is 22.6 Å². The number of carbonyl (C=O) groups is 1. The molecule has 0 radical (unpaired) electrons. The summed E-state index contributed by atoms with van der Waals surface area (Å²) in [4.78, 5) is 11.9. The van der Waals surface area contributed by atoms with Crippen LogP contribution in [0.2, 0.25) is 15.1 Å². The Morgan fingerprint density at radius 2 is 1.86 bits per heavy atom. The lowest BCUT2D eigenvalue weighted by atomic mass is 10.2. The zero-order valence-corrected chi connectivity index (χ0v) is 18.0. The summed E-state index contributed by atoms with van der Waals surface area (Å²) < 4.78 is 7.38. The molecule has 0 bridgehead atoms. The van der Waals surface area contributed by atoms with Crippen LogP contribution in [0.25, 0.3) is 5.69 Å². The van der Waals surface area contributed by atoms with Crippen LogP contribution in [-0.4, -0.2) is 23.3 Å². The Morgan fingerprint density at radius 3 is 2.59 bits per heavy atom. The van der Waals surface area contributed by atoms with Gasteiger partial charge in [0.05, 0.1) is 21.9 Å². The van der Waals surface area contributed by atoms with Crippen LogP contribution < -0.4 is 10.2 Å². The molecule has 1 amide bonds. The van der Waals surface area contributed by atoms with Gasteiger partial charge in [0.2, 0.25) is 0 Å². The number of para-hydroxylation sites is 1. The molecule has 150 valence electrons. The minimum atomic E-state index is -0.393. The van der Waals surface area contributed by atoms with Crippen LogP contribution in [0.1, 0.15) is 17.0 Å². The number of hydrazone groups is 1. The minimum Gasteiger partial charge on any atom is -0.482 e. The maximum atomic E-state index is 11.9. The van der Waals surface area contributed by atoms with Crippen molar-refractivity contribution in [2.75, 3.05) is 6.61 Å². The van der Waals surface area contributed by atoms with E-state index >= 15 is 0 Å². The van der Waals surface area contributed by atoms with E-state index in [1.54, 1.807) is 42.6 Å². The number of rotatable bonds is 6. The lowest BCUT2D eigenvalue weighted by Gasteiger charge is -2.11. The van der Waals surface area contributed by atoms with Gasteiger partial charge in [-0.3, -0.25) is 4.79 Å². The summed E-state index contributed by atoms with van der Waals surface area (Å²) in [6.07, 6.45) is 1.58. The monoisotopic (exact) mass is 449 g/mol. The van der Waals surface area contributed by atoms with Crippen molar-refractivity contribution < 1.29 is 9.53 Å². The Bertz CT molecular complexity index is 1080. The van der Waals surface area contributed by atoms with Crippen LogP contribution >= 0.6 is 34.8 Å². The van der Waals surface area contributed by atoms with E-state index < -0.39 is 5.91 Å². The number of nitrogens with one attached hydrogen (secondary N) is 1. The van der Waals surface area contributed by atoms with Crippen molar-refractivity contribution in [1.82, 2.24) is 9.99 Å². The van der Waals surface area contributed by atoms with Crippen molar-refractivity contribution in [2.45, 2.75) is 13.8 Å². The third-order valence-corrected chi connectivity index (χ3v) is 5.06. The fraction of sp³-hybridized carbons (Fsp3) is 0.143. The van der Waals surface area contributed by atoms with Crippen molar-refractivity contribution in [3.05, 3.63) is 80.6 Å². The predicted molar refractivity (Wildman–Crippen MR) is 118 cm³/mol. The first-order chi connectivity index (χ1) is 13.9. The first kappa shape index (κ1) is 21.2. The Balaban J connectivity index is 1.67. The van der Waals surface area contributed by atoms with Crippen molar-refractivity contribution in [3.63, 3.8) is 0 Å². The van der Waals surface area contributed by atoms with Crippen LogP contribution in [0, 0.1) is 13.8 Å². The smallest absolute Gasteiger partial charge is 0.277 e. The second-order valence-electron chi connectivity index (χ2n) is 6.27. The second-order valence-corrected chi connectivity index (χ2v) is 7.52. The van der Waals surface area contributed by atoms with Crippen LogP contribution in [0.4, 0.5) is 0 Å². The van der Waals surface area contributed by atoms with Gasteiger partial charge in [-0.1, -0.05) is 46.9 Å². The van der Waals surface area contributed by atoms with Gasteiger partial charge in [-0.15, -0.1) is 0 Å². The van der Waals surface area contributed by atoms with E-state index in [9.17, 15) is 4.79 Å². The van der Waals surface area contributed by atoms with Crippen molar-refractivity contribution >= 4 is 46.9 Å². The molecule has 8 heteroatoms. The first-order valence-corrected chi connectivity index (χ1v) is 9.84. The van der Waals surface area contributed by atoms with Crippen molar-refractivity contribution in [2.24, 2.45) is 5.10 Å². The zero-order valence-electron chi connectivity index (χ0n) is 15.7. The summed E-state index contributed by atoms with van der Waals surface area (Å²) >= 11 is 18.3. The Kier molecular flexibility index (Phi) is 6.85. The summed E-state index contributed by atoms with van der Waals surface area (Å²) in [5.41, 5.74) is 6.02. The van der Waals surface area contributed by atoms with E-state index in [1.165, 1.54) is 0 Å². The molecule has 3 aromatic rings. The normalized spacial score (nSPS) is 11.1. The fourth-order valence-corrected chi connectivity index (χ4v) is 3.55. The van der Waals surface area contributed by atoms with Crippen LogP contribution in [0.15, 0.2) is 53.6 Å². The molecule has 2 aromatic carbocycles. The standard InChI is InChI=1S/C21H18Cl3N3O2/c1-13-9-15(14(2)27(13)19-8-7-16(22)10-18(19)24)11-25-26-21(28)12-29-20-6-4-3-5-17(20)23/h3-11H,12H2,1-2H3,(H,26,28)/b25-11-. The SMILES string of the molecule is Cc1cc(/C=N\NC(=O)COc2ccccc2Cl)c(C)n1-c1ccc(Cl)cc1Cl. The number of carbonyl (C=O) groups excluding carboxylic acids is 1. The lowest BCUT2D eigenvalue weighted by Crippen LogP contribution is -2.24. The van der Waals surface area contributed by atoms with Gasteiger partial charge in [-0.25, -0.2) is 5.43 Å². The topological polar surface area (TPSA) is 55.6 Å². The highest BCUT2D eigenvalue weighted by Gasteiger charge is 2.12. The summed E-state index contributed by atoms with van der Waals surface area (Å²) in [5, 5.41) is 5.58. The summed E-state index contributed by atoms with van der Waals surface area (Å²) in [5.74, 6) is 0.0485. The number of aryl methyl sites for hydroxylation is 1. The number of hydrogen-bond donors (Lipinski definition) is 1. The average Bonchev–Trinajstić information content (AvgIpc) is 2.95. The molecular formula is C21H18Cl3N3O2. The van der Waals surface area contributed by atoms with Crippen LogP contribution in [-0.2, 0) is 4.79 Å². The second kappa shape index (κ2) is 9.35.